The molecule has 0 aliphatic heterocycles. The van der Waals surface area contributed by atoms with E-state index in [1.807, 2.05) is 0 Å². The van der Waals surface area contributed by atoms with Crippen LogP contribution in [0.25, 0.3) is 0 Å². The molecule has 138 valence electrons. The Morgan fingerprint density at radius 2 is 1.35 bits per heavy atom. The Morgan fingerprint density at radius 3 is 1.81 bits per heavy atom. The molecule has 0 fully saturated rings. The standard InChI is InChI=1S/C19H20O7/c1-4-25-18(22)14-12(16(20)11-9-7-6-8-10-11)13(17(21)24-3)15(14)19(23)26-5-2/h6-10,12-13H,4-5H2,1-3H3/t12-,13-/m0/s1. The molecule has 0 saturated carbocycles. The monoisotopic (exact) mass is 360 g/mol. The minimum Gasteiger partial charge on any atom is -0.469 e. The molecular weight excluding hydrogens is 340 g/mol. The van der Waals surface area contributed by atoms with Crippen molar-refractivity contribution in [3.63, 3.8) is 0 Å². The molecule has 7 nitrogen and oxygen atoms in total. The predicted molar refractivity (Wildman–Crippen MR) is 90.1 cm³/mol. The fourth-order valence-corrected chi connectivity index (χ4v) is 2.91. The Hall–Kier alpha value is -2.96. The number of carbonyl (C=O) groups excluding carboxylic acids is 4. The van der Waals surface area contributed by atoms with Gasteiger partial charge in [-0.25, -0.2) is 9.59 Å². The summed E-state index contributed by atoms with van der Waals surface area (Å²) in [7, 11) is 1.15. The van der Waals surface area contributed by atoms with E-state index in [2.05, 4.69) is 0 Å². The number of benzene rings is 1. The number of hydrogen-bond donors (Lipinski definition) is 0. The Balaban J connectivity index is 2.54. The Kier molecular flexibility index (Phi) is 6.27. The van der Waals surface area contributed by atoms with Crippen molar-refractivity contribution in [2.45, 2.75) is 13.8 Å². The number of Topliss-reactive ketones (excluding diaryl/α,β-unsaturated/α-hetero) is 1. The van der Waals surface area contributed by atoms with Crippen molar-refractivity contribution in [1.82, 2.24) is 0 Å². The fourth-order valence-electron chi connectivity index (χ4n) is 2.91. The van der Waals surface area contributed by atoms with E-state index >= 15 is 0 Å². The molecule has 0 heterocycles. The molecule has 0 radical (unpaired) electrons. The molecule has 0 N–H and O–H groups in total. The van der Waals surface area contributed by atoms with Gasteiger partial charge >= 0.3 is 17.9 Å². The van der Waals surface area contributed by atoms with E-state index in [1.165, 1.54) is 0 Å². The number of ketones is 1. The number of ether oxygens (including phenoxy) is 3. The maximum absolute atomic E-state index is 12.9. The number of methoxy groups -OCH3 is 1. The molecule has 0 bridgehead atoms. The zero-order valence-electron chi connectivity index (χ0n) is 14.8. The average molecular weight is 360 g/mol. The quantitative estimate of drug-likeness (QED) is 0.415. The summed E-state index contributed by atoms with van der Waals surface area (Å²) in [6.07, 6.45) is 0. The summed E-state index contributed by atoms with van der Waals surface area (Å²) in [6, 6.07) is 8.21. The van der Waals surface area contributed by atoms with Crippen LogP contribution in [0.15, 0.2) is 41.5 Å². The third-order valence-corrected chi connectivity index (χ3v) is 4.03. The van der Waals surface area contributed by atoms with Gasteiger partial charge in [0.15, 0.2) is 5.78 Å². The van der Waals surface area contributed by atoms with Gasteiger partial charge in [0.2, 0.25) is 0 Å². The zero-order chi connectivity index (χ0) is 19.3. The molecule has 2 rings (SSSR count). The number of esters is 3. The molecule has 0 unspecified atom stereocenters. The molecule has 1 aliphatic rings. The summed E-state index contributed by atoms with van der Waals surface area (Å²) in [5.74, 6) is -5.24. The molecule has 0 aromatic heterocycles. The highest BCUT2D eigenvalue weighted by molar-refractivity contribution is 6.17. The van der Waals surface area contributed by atoms with Crippen LogP contribution in [0.1, 0.15) is 24.2 Å². The van der Waals surface area contributed by atoms with Crippen LogP contribution in [-0.4, -0.2) is 44.0 Å². The Morgan fingerprint density at radius 1 is 0.846 bits per heavy atom. The van der Waals surface area contributed by atoms with Gasteiger partial charge in [0, 0.05) is 5.56 Å². The van der Waals surface area contributed by atoms with Crippen LogP contribution >= 0.6 is 0 Å². The molecule has 1 aliphatic carbocycles. The van der Waals surface area contributed by atoms with Crippen molar-refractivity contribution in [3.05, 3.63) is 47.0 Å². The van der Waals surface area contributed by atoms with Crippen LogP contribution < -0.4 is 0 Å². The van der Waals surface area contributed by atoms with Crippen molar-refractivity contribution in [3.8, 4) is 0 Å². The summed E-state index contributed by atoms with van der Waals surface area (Å²) in [4.78, 5) is 49.7. The van der Waals surface area contributed by atoms with Crippen molar-refractivity contribution in [2.75, 3.05) is 20.3 Å². The van der Waals surface area contributed by atoms with Crippen LogP contribution in [0, 0.1) is 11.8 Å². The van der Waals surface area contributed by atoms with E-state index in [0.717, 1.165) is 7.11 Å². The van der Waals surface area contributed by atoms with E-state index in [4.69, 9.17) is 14.2 Å². The highest BCUT2D eigenvalue weighted by atomic mass is 16.5. The van der Waals surface area contributed by atoms with Gasteiger partial charge in [-0.1, -0.05) is 30.3 Å². The van der Waals surface area contributed by atoms with Gasteiger partial charge in [-0.2, -0.15) is 0 Å². The lowest BCUT2D eigenvalue weighted by molar-refractivity contribution is -0.152. The van der Waals surface area contributed by atoms with Crippen LogP contribution in [0.3, 0.4) is 0 Å². The van der Waals surface area contributed by atoms with E-state index < -0.39 is 35.5 Å². The number of hydrogen-bond acceptors (Lipinski definition) is 7. The zero-order valence-corrected chi connectivity index (χ0v) is 14.8. The van der Waals surface area contributed by atoms with Gasteiger partial charge in [-0.3, -0.25) is 9.59 Å². The maximum Gasteiger partial charge on any atom is 0.335 e. The topological polar surface area (TPSA) is 96.0 Å². The first kappa shape index (κ1) is 19.4. The second-order valence-corrected chi connectivity index (χ2v) is 5.48. The highest BCUT2D eigenvalue weighted by Crippen LogP contribution is 2.45. The van der Waals surface area contributed by atoms with Gasteiger partial charge in [-0.05, 0) is 13.8 Å². The van der Waals surface area contributed by atoms with Crippen LogP contribution in [0.5, 0.6) is 0 Å². The molecule has 1 aromatic rings. The van der Waals surface area contributed by atoms with Crippen molar-refractivity contribution in [2.24, 2.45) is 11.8 Å². The fraction of sp³-hybridized carbons (Fsp3) is 0.368. The first-order valence-electron chi connectivity index (χ1n) is 8.23. The second-order valence-electron chi connectivity index (χ2n) is 5.48. The molecule has 0 amide bonds. The van der Waals surface area contributed by atoms with Crippen molar-refractivity contribution < 1.29 is 33.4 Å². The first-order chi connectivity index (χ1) is 12.5. The number of rotatable bonds is 7. The molecule has 0 saturated heterocycles. The lowest BCUT2D eigenvalue weighted by Crippen LogP contribution is -2.48. The largest absolute Gasteiger partial charge is 0.469 e. The SMILES string of the molecule is CCOC(=O)C1=C(C(=O)OCC)[C@@H](C(=O)c2ccccc2)[C@@H]1C(=O)OC. The highest BCUT2D eigenvalue weighted by Gasteiger charge is 2.55. The maximum atomic E-state index is 12.9. The Bertz CT molecular complexity index is 748. The van der Waals surface area contributed by atoms with Crippen LogP contribution in [0.4, 0.5) is 0 Å². The van der Waals surface area contributed by atoms with Crippen LogP contribution in [0.2, 0.25) is 0 Å². The third-order valence-electron chi connectivity index (χ3n) is 4.03. The minimum atomic E-state index is -1.20. The lowest BCUT2D eigenvalue weighted by atomic mass is 9.64. The van der Waals surface area contributed by atoms with Crippen molar-refractivity contribution in [1.29, 1.82) is 0 Å². The third kappa shape index (κ3) is 3.51. The molecule has 26 heavy (non-hydrogen) atoms. The molecule has 1 aromatic carbocycles. The lowest BCUT2D eigenvalue weighted by Gasteiger charge is -2.36. The molecule has 2 atom stereocenters. The molecular formula is C19H20O7. The normalized spacial score (nSPS) is 18.6. The van der Waals surface area contributed by atoms with E-state index in [0.29, 0.717) is 5.56 Å². The van der Waals surface area contributed by atoms with Gasteiger partial charge in [0.1, 0.15) is 5.92 Å². The summed E-state index contributed by atoms with van der Waals surface area (Å²) in [6.45, 7) is 3.32. The minimum absolute atomic E-state index is 0.0592. The smallest absolute Gasteiger partial charge is 0.335 e. The van der Waals surface area contributed by atoms with Gasteiger partial charge in [0.05, 0.1) is 37.4 Å². The van der Waals surface area contributed by atoms with E-state index in [1.54, 1.807) is 44.2 Å². The number of carbonyl (C=O) groups is 4. The van der Waals surface area contributed by atoms with Gasteiger partial charge in [-0.15, -0.1) is 0 Å². The van der Waals surface area contributed by atoms with E-state index in [9.17, 15) is 19.2 Å². The summed E-state index contributed by atoms with van der Waals surface area (Å²) in [5, 5.41) is 0. The van der Waals surface area contributed by atoms with E-state index in [-0.39, 0.29) is 24.4 Å². The summed E-state index contributed by atoms with van der Waals surface area (Å²) in [5.41, 5.74) is -0.00269. The Labute approximate surface area is 150 Å². The summed E-state index contributed by atoms with van der Waals surface area (Å²) < 4.78 is 14.6. The first-order valence-corrected chi connectivity index (χ1v) is 8.23. The average Bonchev–Trinajstić information content (AvgIpc) is 2.61. The summed E-state index contributed by atoms with van der Waals surface area (Å²) >= 11 is 0. The van der Waals surface area contributed by atoms with Crippen LogP contribution in [-0.2, 0) is 28.6 Å². The van der Waals surface area contributed by atoms with Gasteiger partial charge in [0.25, 0.3) is 0 Å². The van der Waals surface area contributed by atoms with Gasteiger partial charge < -0.3 is 14.2 Å². The predicted octanol–water partition coefficient (Wildman–Crippen LogP) is 1.71. The van der Waals surface area contributed by atoms with Crippen molar-refractivity contribution >= 4 is 23.7 Å². The molecule has 7 heteroatoms. The molecule has 0 spiro atoms. The second kappa shape index (κ2) is 8.42.